The maximum atomic E-state index is 8.75. The predicted molar refractivity (Wildman–Crippen MR) is 88.7 cm³/mol. The monoisotopic (exact) mass is 301 g/mol. The minimum atomic E-state index is 0.0191. The molecule has 0 spiro atoms. The Morgan fingerprint density at radius 3 is 2.45 bits per heavy atom. The van der Waals surface area contributed by atoms with Gasteiger partial charge in [0, 0.05) is 11.3 Å². The van der Waals surface area contributed by atoms with E-state index in [4.69, 9.17) is 14.6 Å². The van der Waals surface area contributed by atoms with Gasteiger partial charge in [-0.1, -0.05) is 18.2 Å². The highest BCUT2D eigenvalue weighted by atomic mass is 16.5. The third kappa shape index (κ3) is 4.40. The summed E-state index contributed by atoms with van der Waals surface area (Å²) in [6.07, 6.45) is 0. The van der Waals surface area contributed by atoms with Crippen molar-refractivity contribution in [3.05, 3.63) is 54.1 Å². The van der Waals surface area contributed by atoms with E-state index in [1.54, 1.807) is 0 Å². The van der Waals surface area contributed by atoms with Gasteiger partial charge in [0.05, 0.1) is 19.3 Å². The molecular weight excluding hydrogens is 278 g/mol. The van der Waals surface area contributed by atoms with Gasteiger partial charge in [0.2, 0.25) is 0 Å². The zero-order chi connectivity index (χ0) is 15.8. The lowest BCUT2D eigenvalue weighted by Gasteiger charge is -2.19. The smallest absolute Gasteiger partial charge is 0.124 e. The van der Waals surface area contributed by atoms with Gasteiger partial charge in [0.15, 0.2) is 0 Å². The van der Waals surface area contributed by atoms with Crippen molar-refractivity contribution in [2.75, 3.05) is 25.1 Å². The molecule has 2 aromatic rings. The minimum Gasteiger partial charge on any atom is -0.494 e. The first-order valence-corrected chi connectivity index (χ1v) is 7.56. The highest BCUT2D eigenvalue weighted by Crippen LogP contribution is 2.28. The van der Waals surface area contributed by atoms with Crippen LogP contribution in [-0.4, -0.2) is 24.9 Å². The maximum Gasteiger partial charge on any atom is 0.124 e. The van der Waals surface area contributed by atoms with Crippen LogP contribution in [-0.2, 0) is 0 Å². The van der Waals surface area contributed by atoms with Gasteiger partial charge in [-0.15, -0.1) is 0 Å². The molecule has 2 N–H and O–H groups in total. The Morgan fingerprint density at radius 1 is 1.05 bits per heavy atom. The Balaban J connectivity index is 2.03. The fourth-order valence-electron chi connectivity index (χ4n) is 2.26. The number of anilines is 1. The summed E-state index contributed by atoms with van der Waals surface area (Å²) in [5.74, 6) is 1.66. The Kier molecular flexibility index (Phi) is 6.10. The summed E-state index contributed by atoms with van der Waals surface area (Å²) in [7, 11) is 0. The Hall–Kier alpha value is -2.20. The van der Waals surface area contributed by atoms with Crippen molar-refractivity contribution in [1.82, 2.24) is 0 Å². The second kappa shape index (κ2) is 8.29. The third-order valence-electron chi connectivity index (χ3n) is 3.28. The van der Waals surface area contributed by atoms with Crippen molar-refractivity contribution in [1.29, 1.82) is 0 Å². The molecule has 0 aliphatic rings. The Bertz CT molecular complexity index is 569. The quantitative estimate of drug-likeness (QED) is 0.782. The van der Waals surface area contributed by atoms with E-state index < -0.39 is 0 Å². The molecule has 0 bridgehead atoms. The van der Waals surface area contributed by atoms with E-state index in [1.807, 2.05) is 49.4 Å². The van der Waals surface area contributed by atoms with Gasteiger partial charge in [-0.2, -0.15) is 0 Å². The number of rotatable bonds is 8. The van der Waals surface area contributed by atoms with E-state index in [0.717, 1.165) is 22.7 Å². The summed E-state index contributed by atoms with van der Waals surface area (Å²) in [4.78, 5) is 0. The molecule has 0 aliphatic carbocycles. The van der Waals surface area contributed by atoms with Crippen LogP contribution in [0.1, 0.15) is 25.5 Å². The summed E-state index contributed by atoms with van der Waals surface area (Å²) in [5.41, 5.74) is 2.14. The third-order valence-corrected chi connectivity index (χ3v) is 3.28. The lowest BCUT2D eigenvalue weighted by molar-refractivity contribution is 0.201. The molecule has 2 rings (SSSR count). The fraction of sp³-hybridized carbons (Fsp3) is 0.333. The SMILES string of the molecule is CCOc1ccccc1C(C)Nc1ccc(OCCO)cc1. The first-order chi connectivity index (χ1) is 10.7. The molecule has 4 nitrogen and oxygen atoms in total. The predicted octanol–water partition coefficient (Wildman–Crippen LogP) is 3.63. The van der Waals surface area contributed by atoms with Crippen LogP contribution in [0.25, 0.3) is 0 Å². The molecule has 1 atom stereocenters. The zero-order valence-electron chi connectivity index (χ0n) is 13.1. The number of benzene rings is 2. The van der Waals surface area contributed by atoms with Crippen molar-refractivity contribution in [2.24, 2.45) is 0 Å². The van der Waals surface area contributed by atoms with Crippen molar-refractivity contribution in [2.45, 2.75) is 19.9 Å². The topological polar surface area (TPSA) is 50.7 Å². The van der Waals surface area contributed by atoms with E-state index in [1.165, 1.54) is 0 Å². The maximum absolute atomic E-state index is 8.75. The van der Waals surface area contributed by atoms with Crippen molar-refractivity contribution < 1.29 is 14.6 Å². The second-order valence-corrected chi connectivity index (χ2v) is 4.93. The highest BCUT2D eigenvalue weighted by Gasteiger charge is 2.11. The number of para-hydroxylation sites is 1. The summed E-state index contributed by atoms with van der Waals surface area (Å²) < 4.78 is 11.0. The van der Waals surface area contributed by atoms with Crippen LogP contribution in [0, 0.1) is 0 Å². The highest BCUT2D eigenvalue weighted by molar-refractivity contribution is 5.49. The summed E-state index contributed by atoms with van der Waals surface area (Å²) in [6.45, 7) is 5.07. The van der Waals surface area contributed by atoms with Crippen LogP contribution < -0.4 is 14.8 Å². The average molecular weight is 301 g/mol. The largest absolute Gasteiger partial charge is 0.494 e. The molecule has 0 saturated carbocycles. The van der Waals surface area contributed by atoms with E-state index in [2.05, 4.69) is 18.3 Å². The summed E-state index contributed by atoms with van der Waals surface area (Å²) >= 11 is 0. The lowest BCUT2D eigenvalue weighted by Crippen LogP contribution is -2.09. The number of aliphatic hydroxyl groups is 1. The average Bonchev–Trinajstić information content (AvgIpc) is 2.55. The van der Waals surface area contributed by atoms with E-state index in [-0.39, 0.29) is 12.6 Å². The fourth-order valence-corrected chi connectivity index (χ4v) is 2.26. The standard InChI is InChI=1S/C18H23NO3/c1-3-21-18-7-5-4-6-17(18)14(2)19-15-8-10-16(11-9-15)22-13-12-20/h4-11,14,19-20H,3,12-13H2,1-2H3. The Morgan fingerprint density at radius 2 is 1.77 bits per heavy atom. The van der Waals surface area contributed by atoms with Crippen LogP contribution in [0.5, 0.6) is 11.5 Å². The first-order valence-electron chi connectivity index (χ1n) is 7.56. The van der Waals surface area contributed by atoms with Gasteiger partial charge < -0.3 is 19.9 Å². The van der Waals surface area contributed by atoms with Crippen molar-refractivity contribution in [3.63, 3.8) is 0 Å². The summed E-state index contributed by atoms with van der Waals surface area (Å²) in [5, 5.41) is 12.2. The van der Waals surface area contributed by atoms with Crippen LogP contribution in [0.3, 0.4) is 0 Å². The zero-order valence-corrected chi connectivity index (χ0v) is 13.1. The van der Waals surface area contributed by atoms with Crippen molar-refractivity contribution in [3.8, 4) is 11.5 Å². The van der Waals surface area contributed by atoms with Crippen LogP contribution in [0.15, 0.2) is 48.5 Å². The van der Waals surface area contributed by atoms with Crippen LogP contribution >= 0.6 is 0 Å². The molecule has 118 valence electrons. The molecule has 0 aliphatic heterocycles. The Labute approximate surface area is 131 Å². The molecule has 0 saturated heterocycles. The number of ether oxygens (including phenoxy) is 2. The van der Waals surface area contributed by atoms with Gasteiger partial charge in [-0.25, -0.2) is 0 Å². The minimum absolute atomic E-state index is 0.0191. The molecule has 4 heteroatoms. The molecule has 0 aromatic heterocycles. The number of aliphatic hydroxyl groups excluding tert-OH is 1. The van der Waals surface area contributed by atoms with E-state index >= 15 is 0 Å². The molecule has 0 heterocycles. The molecule has 0 radical (unpaired) electrons. The van der Waals surface area contributed by atoms with Gasteiger partial charge >= 0.3 is 0 Å². The normalized spacial score (nSPS) is 11.8. The van der Waals surface area contributed by atoms with Crippen molar-refractivity contribution >= 4 is 5.69 Å². The van der Waals surface area contributed by atoms with Gasteiger partial charge in [0.1, 0.15) is 18.1 Å². The lowest BCUT2D eigenvalue weighted by atomic mass is 10.1. The summed E-state index contributed by atoms with van der Waals surface area (Å²) in [6, 6.07) is 15.9. The molecule has 1 unspecified atom stereocenters. The molecule has 0 fully saturated rings. The van der Waals surface area contributed by atoms with Gasteiger partial charge in [-0.05, 0) is 44.2 Å². The van der Waals surface area contributed by atoms with Gasteiger partial charge in [0.25, 0.3) is 0 Å². The molecular formula is C18H23NO3. The van der Waals surface area contributed by atoms with Crippen LogP contribution in [0.4, 0.5) is 5.69 Å². The van der Waals surface area contributed by atoms with Crippen LogP contribution in [0.2, 0.25) is 0 Å². The van der Waals surface area contributed by atoms with E-state index in [0.29, 0.717) is 13.2 Å². The second-order valence-electron chi connectivity index (χ2n) is 4.93. The molecule has 0 amide bonds. The van der Waals surface area contributed by atoms with Gasteiger partial charge in [-0.3, -0.25) is 0 Å². The number of hydrogen-bond donors (Lipinski definition) is 2. The molecule has 2 aromatic carbocycles. The van der Waals surface area contributed by atoms with E-state index in [9.17, 15) is 0 Å². The number of nitrogens with one attached hydrogen (secondary N) is 1. The number of hydrogen-bond acceptors (Lipinski definition) is 4. The molecule has 22 heavy (non-hydrogen) atoms. The first kappa shape index (κ1) is 16.2.